The van der Waals surface area contributed by atoms with Crippen LogP contribution in [0.5, 0.6) is 0 Å². The number of nitro groups is 1. The Kier molecular flexibility index (Phi) is 8.44. The quantitative estimate of drug-likeness (QED) is 0.145. The van der Waals surface area contributed by atoms with Crippen LogP contribution in [-0.2, 0) is 4.79 Å². The van der Waals surface area contributed by atoms with Crippen LogP contribution in [-0.4, -0.2) is 63.2 Å². The number of carbonyl (C=O) groups is 1. The molecular formula is C25H22Br2N9O3+. The molecule has 0 bridgehead atoms. The van der Waals surface area contributed by atoms with Crippen LogP contribution in [0.2, 0.25) is 0 Å². The van der Waals surface area contributed by atoms with E-state index in [0.717, 1.165) is 14.6 Å². The Hall–Kier alpha value is -4.06. The van der Waals surface area contributed by atoms with Gasteiger partial charge in [0, 0.05) is 26.1 Å². The van der Waals surface area contributed by atoms with Gasteiger partial charge < -0.3 is 25.2 Å². The highest BCUT2D eigenvalue weighted by Gasteiger charge is 2.33. The van der Waals surface area contributed by atoms with Crippen LogP contribution in [0.25, 0.3) is 10.9 Å². The highest BCUT2D eigenvalue weighted by molar-refractivity contribution is 9.13. The van der Waals surface area contributed by atoms with E-state index in [0.29, 0.717) is 45.7 Å². The molecule has 1 aromatic carbocycles. The molecule has 0 radical (unpaired) electrons. The van der Waals surface area contributed by atoms with Gasteiger partial charge in [-0.2, -0.15) is 5.26 Å². The lowest BCUT2D eigenvalue weighted by Gasteiger charge is -2.28. The number of aromatic nitrogens is 3. The number of halogens is 2. The first kappa shape index (κ1) is 28.0. The number of fused-ring (bicyclic) bond motifs is 1. The molecule has 198 valence electrons. The summed E-state index contributed by atoms with van der Waals surface area (Å²) in [6, 6.07) is 9.28. The molecule has 1 amide bonds. The van der Waals surface area contributed by atoms with Crippen molar-refractivity contribution in [3.05, 3.63) is 79.4 Å². The number of anilines is 3. The van der Waals surface area contributed by atoms with Crippen molar-refractivity contribution in [2.75, 3.05) is 37.8 Å². The molecule has 1 aliphatic heterocycles. The molecule has 0 saturated carbocycles. The number of benzene rings is 1. The average molecular weight is 656 g/mol. The molecule has 1 aliphatic rings. The van der Waals surface area contributed by atoms with E-state index in [4.69, 9.17) is 5.26 Å². The zero-order valence-corrected chi connectivity index (χ0v) is 24.0. The van der Waals surface area contributed by atoms with Gasteiger partial charge in [-0.05, 0) is 72.1 Å². The Labute approximate surface area is 240 Å². The maximum Gasteiger partial charge on any atom is 0.369 e. The largest absolute Gasteiger partial charge is 0.369 e. The highest BCUT2D eigenvalue weighted by Crippen LogP contribution is 2.29. The molecule has 2 N–H and O–H groups in total. The molecular weight excluding hydrogens is 634 g/mol. The van der Waals surface area contributed by atoms with E-state index in [1.54, 1.807) is 18.3 Å². The van der Waals surface area contributed by atoms with E-state index in [1.165, 1.54) is 12.4 Å². The van der Waals surface area contributed by atoms with Gasteiger partial charge >= 0.3 is 5.82 Å². The predicted octanol–water partition coefficient (Wildman–Crippen LogP) is 4.72. The third-order valence-electron chi connectivity index (χ3n) is 5.68. The molecule has 12 nitrogen and oxygen atoms in total. The maximum atomic E-state index is 12.6. The van der Waals surface area contributed by atoms with Crippen molar-refractivity contribution in [2.45, 2.75) is 6.42 Å². The van der Waals surface area contributed by atoms with Gasteiger partial charge in [-0.15, -0.1) is 0 Å². The molecule has 0 aliphatic carbocycles. The Balaban J connectivity index is 1.42. The average Bonchev–Trinajstić information content (AvgIpc) is 3.29. The van der Waals surface area contributed by atoms with Crippen molar-refractivity contribution >= 4 is 71.7 Å². The van der Waals surface area contributed by atoms with Crippen LogP contribution >= 0.6 is 31.9 Å². The zero-order chi connectivity index (χ0) is 28.2. The van der Waals surface area contributed by atoms with E-state index >= 15 is 0 Å². The van der Waals surface area contributed by atoms with Gasteiger partial charge in [-0.25, -0.2) is 15.0 Å². The minimum atomic E-state index is -0.566. The van der Waals surface area contributed by atoms with Crippen molar-refractivity contribution in [3.8, 4) is 6.07 Å². The van der Waals surface area contributed by atoms with E-state index in [9.17, 15) is 14.9 Å². The summed E-state index contributed by atoms with van der Waals surface area (Å²) in [4.78, 5) is 40.0. The second-order valence-corrected chi connectivity index (χ2v) is 11.0. The van der Waals surface area contributed by atoms with E-state index < -0.39 is 4.92 Å². The summed E-state index contributed by atoms with van der Waals surface area (Å²) in [5.74, 6) is 0.230. The molecule has 4 rings (SSSR count). The maximum absolute atomic E-state index is 12.6. The van der Waals surface area contributed by atoms with Crippen LogP contribution in [0.3, 0.4) is 0 Å². The lowest BCUT2D eigenvalue weighted by molar-refractivity contribution is -0.880. The van der Waals surface area contributed by atoms with E-state index in [1.807, 2.05) is 38.4 Å². The smallest absolute Gasteiger partial charge is 0.358 e. The monoisotopic (exact) mass is 654 g/mol. The number of hydrogen-bond acceptors (Lipinski definition) is 9. The van der Waals surface area contributed by atoms with Gasteiger partial charge in [0.2, 0.25) is 11.6 Å². The molecule has 0 unspecified atom stereocenters. The normalized spacial score (nSPS) is 13.5. The number of nitrogens with one attached hydrogen (secondary N) is 2. The van der Waals surface area contributed by atoms with Crippen molar-refractivity contribution in [1.82, 2.24) is 15.0 Å². The Morgan fingerprint density at radius 2 is 2.03 bits per heavy atom. The Morgan fingerprint density at radius 1 is 1.23 bits per heavy atom. The summed E-state index contributed by atoms with van der Waals surface area (Å²) < 4.78 is 2.13. The predicted molar refractivity (Wildman–Crippen MR) is 154 cm³/mol. The summed E-state index contributed by atoms with van der Waals surface area (Å²) in [5, 5.41) is 27.0. The Morgan fingerprint density at radius 3 is 2.74 bits per heavy atom. The van der Waals surface area contributed by atoms with Crippen molar-refractivity contribution in [1.29, 1.82) is 5.26 Å². The molecule has 0 fully saturated rings. The third-order valence-corrected chi connectivity index (χ3v) is 7.56. The number of amides is 1. The fourth-order valence-corrected chi connectivity index (χ4v) is 4.55. The van der Waals surface area contributed by atoms with E-state index in [-0.39, 0.29) is 23.9 Å². The van der Waals surface area contributed by atoms with Crippen LogP contribution in [0.15, 0.2) is 74.3 Å². The first-order valence-corrected chi connectivity index (χ1v) is 13.1. The summed E-state index contributed by atoms with van der Waals surface area (Å²) in [6.07, 6.45) is 6.22. The molecule has 0 saturated heterocycles. The van der Waals surface area contributed by atoms with Gasteiger partial charge in [0.15, 0.2) is 0 Å². The summed E-state index contributed by atoms with van der Waals surface area (Å²) >= 11 is 6.94. The lowest BCUT2D eigenvalue weighted by Crippen LogP contribution is -2.41. The van der Waals surface area contributed by atoms with Crippen LogP contribution in [0.1, 0.15) is 6.42 Å². The number of likely N-dealkylation sites (N-methyl/N-ethyl adjacent to an activating group) is 1. The molecule has 3 aromatic rings. The standard InChI is InChI=1S/C25H21Br2N9O3/c1-36(2,13-15-8-17(11-28)33-25(15)35(38)39)7-3-4-23(37)34-22-10-18-21(12-29-22)30-14-31-24(18)32-16-5-6-19(26)20(27)9-16/h3-6,9-10,12,14H,7-8,13H2,1-2H3,(H-,29,30,31,32,34,37)/p+1/b4-3+. The molecule has 39 heavy (non-hydrogen) atoms. The van der Waals surface area contributed by atoms with Crippen molar-refractivity contribution < 1.29 is 14.2 Å². The second kappa shape index (κ2) is 11.8. The summed E-state index contributed by atoms with van der Waals surface area (Å²) in [5.41, 5.74) is 2.03. The molecule has 3 heterocycles. The van der Waals surface area contributed by atoms with Gasteiger partial charge in [0.05, 0.1) is 44.3 Å². The van der Waals surface area contributed by atoms with Gasteiger partial charge in [0.25, 0.3) is 0 Å². The lowest BCUT2D eigenvalue weighted by atomic mass is 10.1. The van der Waals surface area contributed by atoms with Gasteiger partial charge in [-0.3, -0.25) is 4.79 Å². The molecule has 0 spiro atoms. The number of nitriles is 1. The minimum Gasteiger partial charge on any atom is -0.358 e. The summed E-state index contributed by atoms with van der Waals surface area (Å²) in [6.45, 7) is 0.730. The number of aliphatic imine (C=N–C) groups is 1. The zero-order valence-electron chi connectivity index (χ0n) is 20.9. The second-order valence-electron chi connectivity index (χ2n) is 9.26. The molecule has 0 atom stereocenters. The van der Waals surface area contributed by atoms with Crippen LogP contribution < -0.4 is 10.6 Å². The summed E-state index contributed by atoms with van der Waals surface area (Å²) in [7, 11) is 3.75. The third kappa shape index (κ3) is 7.08. The number of nitrogens with zero attached hydrogens (tertiary/aromatic N) is 7. The number of hydrogen-bond donors (Lipinski definition) is 2. The number of carbonyl (C=O) groups excluding carboxylic acids is 1. The topological polar surface area (TPSA) is 159 Å². The van der Waals surface area contributed by atoms with Crippen LogP contribution in [0, 0.1) is 21.4 Å². The fraction of sp³-hybridized carbons (Fsp3) is 0.200. The SMILES string of the molecule is C[N+](C)(C/C=C/C(=O)Nc1cc2c(Nc3ccc(Br)c(Br)c3)ncnc2cn1)CC1=C([N+](=O)[O-])N=C(C#N)C1. The van der Waals surface area contributed by atoms with Crippen molar-refractivity contribution in [2.24, 2.45) is 4.99 Å². The van der Waals surface area contributed by atoms with Gasteiger partial charge in [-0.1, -0.05) is 0 Å². The highest BCUT2D eigenvalue weighted by atomic mass is 79.9. The number of pyridine rings is 1. The van der Waals surface area contributed by atoms with Crippen LogP contribution in [0.4, 0.5) is 17.3 Å². The minimum absolute atomic E-state index is 0.128. The van der Waals surface area contributed by atoms with Gasteiger partial charge in [0.1, 0.15) is 30.6 Å². The van der Waals surface area contributed by atoms with Crippen molar-refractivity contribution in [3.63, 3.8) is 0 Å². The number of rotatable bonds is 9. The molecule has 14 heteroatoms. The number of quaternary nitrogens is 1. The van der Waals surface area contributed by atoms with E-state index in [2.05, 4.69) is 62.4 Å². The first-order valence-electron chi connectivity index (χ1n) is 11.5. The first-order chi connectivity index (χ1) is 18.5. The Bertz CT molecular complexity index is 1610. The molecule has 2 aromatic heterocycles. The fourth-order valence-electron chi connectivity index (χ4n) is 3.92.